The quantitative estimate of drug-likeness (QED) is 0.524. The molecule has 1 rings (SSSR count). The van der Waals surface area contributed by atoms with Crippen molar-refractivity contribution in [2.75, 3.05) is 73.1 Å². The lowest BCUT2D eigenvalue weighted by atomic mass is 10.3. The summed E-state index contributed by atoms with van der Waals surface area (Å²) in [6.07, 6.45) is 0. The van der Waals surface area contributed by atoms with Gasteiger partial charge in [0.2, 0.25) is 5.91 Å². The molecule has 1 saturated heterocycles. The van der Waals surface area contributed by atoms with Crippen LogP contribution in [0.25, 0.3) is 0 Å². The molecule has 0 radical (unpaired) electrons. The van der Waals surface area contributed by atoms with Crippen molar-refractivity contribution in [3.63, 3.8) is 0 Å². The fraction of sp³-hybridized carbons (Fsp3) is 0.917. The van der Waals surface area contributed by atoms with Gasteiger partial charge in [-0.15, -0.1) is 0 Å². The first-order valence-electron chi connectivity index (χ1n) is 6.59. The first kappa shape index (κ1) is 15.4. The molecule has 106 valence electrons. The molecule has 1 heterocycles. The fourth-order valence-electron chi connectivity index (χ4n) is 1.86. The van der Waals surface area contributed by atoms with Gasteiger partial charge in [-0.3, -0.25) is 9.69 Å². The van der Waals surface area contributed by atoms with Gasteiger partial charge in [0.05, 0.1) is 13.2 Å². The molecular weight excluding hydrogens is 232 g/mol. The number of ether oxygens (including phenoxy) is 1. The van der Waals surface area contributed by atoms with Gasteiger partial charge in [-0.2, -0.15) is 0 Å². The van der Waals surface area contributed by atoms with Gasteiger partial charge in [0, 0.05) is 52.9 Å². The molecule has 0 bridgehead atoms. The molecule has 2 N–H and O–H groups in total. The van der Waals surface area contributed by atoms with E-state index in [9.17, 15) is 4.79 Å². The number of likely N-dealkylation sites (N-methyl/N-ethyl adjacent to an activating group) is 1. The maximum atomic E-state index is 11.5. The van der Waals surface area contributed by atoms with Crippen molar-refractivity contribution in [3.05, 3.63) is 0 Å². The third-order valence-electron chi connectivity index (χ3n) is 3.11. The SMILES string of the molecule is COCCNCC(=O)NCCN1CCN(C)CC1. The number of nitrogens with zero attached hydrogens (tertiary/aromatic N) is 2. The van der Waals surface area contributed by atoms with Crippen molar-refractivity contribution in [1.29, 1.82) is 0 Å². The molecule has 18 heavy (non-hydrogen) atoms. The molecule has 1 fully saturated rings. The standard InChI is InChI=1S/C12H26N4O2/c1-15-6-8-16(9-7-15)5-3-14-12(17)11-13-4-10-18-2/h13H,3-11H2,1-2H3,(H,14,17). The second kappa shape index (κ2) is 9.27. The number of hydrogen-bond donors (Lipinski definition) is 2. The summed E-state index contributed by atoms with van der Waals surface area (Å²) in [5, 5.41) is 5.94. The number of nitrogens with one attached hydrogen (secondary N) is 2. The van der Waals surface area contributed by atoms with Gasteiger partial charge in [-0.1, -0.05) is 0 Å². The number of carbonyl (C=O) groups excluding carboxylic acids is 1. The van der Waals surface area contributed by atoms with Crippen LogP contribution >= 0.6 is 0 Å². The number of carbonyl (C=O) groups is 1. The lowest BCUT2D eigenvalue weighted by Gasteiger charge is -2.32. The summed E-state index contributed by atoms with van der Waals surface area (Å²) in [4.78, 5) is 16.2. The van der Waals surface area contributed by atoms with Crippen LogP contribution in [-0.4, -0.2) is 88.8 Å². The predicted octanol–water partition coefficient (Wildman–Crippen LogP) is -1.41. The van der Waals surface area contributed by atoms with Gasteiger partial charge in [0.15, 0.2) is 0 Å². The predicted molar refractivity (Wildman–Crippen MR) is 71.7 cm³/mol. The average molecular weight is 258 g/mol. The number of methoxy groups -OCH3 is 1. The molecule has 1 aliphatic rings. The van der Waals surface area contributed by atoms with Gasteiger partial charge in [-0.25, -0.2) is 0 Å². The van der Waals surface area contributed by atoms with Crippen LogP contribution in [0.3, 0.4) is 0 Å². The Kier molecular flexibility index (Phi) is 7.91. The van der Waals surface area contributed by atoms with Gasteiger partial charge in [-0.05, 0) is 7.05 Å². The zero-order chi connectivity index (χ0) is 13.2. The van der Waals surface area contributed by atoms with Crippen molar-refractivity contribution in [2.24, 2.45) is 0 Å². The number of rotatable bonds is 8. The molecule has 0 aromatic heterocycles. The lowest BCUT2D eigenvalue weighted by molar-refractivity contribution is -0.120. The Morgan fingerprint density at radius 1 is 1.22 bits per heavy atom. The van der Waals surface area contributed by atoms with E-state index in [1.165, 1.54) is 0 Å². The molecular formula is C12H26N4O2. The summed E-state index contributed by atoms with van der Waals surface area (Å²) < 4.78 is 4.89. The monoisotopic (exact) mass is 258 g/mol. The zero-order valence-corrected chi connectivity index (χ0v) is 11.6. The van der Waals surface area contributed by atoms with Crippen molar-refractivity contribution in [2.45, 2.75) is 0 Å². The summed E-state index contributed by atoms with van der Waals surface area (Å²) in [7, 11) is 3.79. The molecule has 0 aromatic rings. The van der Waals surface area contributed by atoms with Crippen LogP contribution in [0, 0.1) is 0 Å². The third kappa shape index (κ3) is 6.90. The zero-order valence-electron chi connectivity index (χ0n) is 11.6. The Morgan fingerprint density at radius 2 is 1.94 bits per heavy atom. The highest BCUT2D eigenvalue weighted by Crippen LogP contribution is 1.97. The number of piperazine rings is 1. The van der Waals surface area contributed by atoms with E-state index in [4.69, 9.17) is 4.74 Å². The molecule has 1 aliphatic heterocycles. The normalized spacial score (nSPS) is 17.9. The van der Waals surface area contributed by atoms with E-state index >= 15 is 0 Å². The Morgan fingerprint density at radius 3 is 2.61 bits per heavy atom. The maximum Gasteiger partial charge on any atom is 0.234 e. The van der Waals surface area contributed by atoms with Gasteiger partial charge < -0.3 is 20.3 Å². The molecule has 0 saturated carbocycles. The van der Waals surface area contributed by atoms with Crippen LogP contribution in [-0.2, 0) is 9.53 Å². The Hall–Kier alpha value is -0.690. The van der Waals surface area contributed by atoms with Crippen molar-refractivity contribution in [1.82, 2.24) is 20.4 Å². The van der Waals surface area contributed by atoms with Crippen LogP contribution in [0.1, 0.15) is 0 Å². The first-order chi connectivity index (χ1) is 8.72. The van der Waals surface area contributed by atoms with E-state index in [1.54, 1.807) is 7.11 Å². The summed E-state index contributed by atoms with van der Waals surface area (Å²) in [5.41, 5.74) is 0. The summed E-state index contributed by atoms with van der Waals surface area (Å²) in [6, 6.07) is 0. The van der Waals surface area contributed by atoms with Crippen molar-refractivity contribution < 1.29 is 9.53 Å². The molecule has 6 heteroatoms. The molecule has 0 atom stereocenters. The first-order valence-corrected chi connectivity index (χ1v) is 6.59. The van der Waals surface area contributed by atoms with Crippen LogP contribution < -0.4 is 10.6 Å². The minimum atomic E-state index is 0.0558. The Balaban J connectivity index is 1.95. The molecule has 0 unspecified atom stereocenters. The van der Waals surface area contributed by atoms with Gasteiger partial charge >= 0.3 is 0 Å². The van der Waals surface area contributed by atoms with Crippen molar-refractivity contribution >= 4 is 5.91 Å². The van der Waals surface area contributed by atoms with Crippen LogP contribution in [0.5, 0.6) is 0 Å². The third-order valence-corrected chi connectivity index (χ3v) is 3.11. The minimum absolute atomic E-state index is 0.0558. The molecule has 1 amide bonds. The molecule has 0 aliphatic carbocycles. The van der Waals surface area contributed by atoms with E-state index in [1.807, 2.05) is 0 Å². The minimum Gasteiger partial charge on any atom is -0.383 e. The molecule has 6 nitrogen and oxygen atoms in total. The van der Waals surface area contributed by atoms with Crippen LogP contribution in [0.4, 0.5) is 0 Å². The summed E-state index contributed by atoms with van der Waals surface area (Å²) in [6.45, 7) is 7.81. The topological polar surface area (TPSA) is 56.8 Å². The van der Waals surface area contributed by atoms with E-state index < -0.39 is 0 Å². The lowest BCUT2D eigenvalue weighted by Crippen LogP contribution is -2.47. The largest absolute Gasteiger partial charge is 0.383 e. The number of amides is 1. The second-order valence-corrected chi connectivity index (χ2v) is 4.66. The smallest absolute Gasteiger partial charge is 0.234 e. The molecule has 0 aromatic carbocycles. The Labute approximate surface area is 110 Å². The van der Waals surface area contributed by atoms with Gasteiger partial charge in [0.25, 0.3) is 0 Å². The number of hydrogen-bond acceptors (Lipinski definition) is 5. The van der Waals surface area contributed by atoms with Crippen LogP contribution in [0.2, 0.25) is 0 Å². The van der Waals surface area contributed by atoms with E-state index in [-0.39, 0.29) is 5.91 Å². The van der Waals surface area contributed by atoms with Gasteiger partial charge in [0.1, 0.15) is 0 Å². The average Bonchev–Trinajstić information content (AvgIpc) is 2.37. The second-order valence-electron chi connectivity index (χ2n) is 4.66. The van der Waals surface area contributed by atoms with E-state index in [2.05, 4.69) is 27.5 Å². The van der Waals surface area contributed by atoms with E-state index in [0.29, 0.717) is 19.7 Å². The fourth-order valence-corrected chi connectivity index (χ4v) is 1.86. The van der Waals surface area contributed by atoms with Crippen molar-refractivity contribution in [3.8, 4) is 0 Å². The summed E-state index contributed by atoms with van der Waals surface area (Å²) in [5.74, 6) is 0.0558. The highest BCUT2D eigenvalue weighted by atomic mass is 16.5. The Bertz CT molecular complexity index is 230. The maximum absolute atomic E-state index is 11.5. The highest BCUT2D eigenvalue weighted by molar-refractivity contribution is 5.77. The summed E-state index contributed by atoms with van der Waals surface area (Å²) >= 11 is 0. The molecule has 0 spiro atoms. The highest BCUT2D eigenvalue weighted by Gasteiger charge is 2.13. The van der Waals surface area contributed by atoms with Crippen LogP contribution in [0.15, 0.2) is 0 Å². The van der Waals surface area contributed by atoms with E-state index in [0.717, 1.165) is 39.3 Å².